The van der Waals surface area contributed by atoms with Gasteiger partial charge in [0.05, 0.1) is 18.2 Å². The number of hydrogen-bond acceptors (Lipinski definition) is 3. The van der Waals surface area contributed by atoms with Gasteiger partial charge >= 0.3 is 0 Å². The fourth-order valence-electron chi connectivity index (χ4n) is 1.79. The molecule has 2 atom stereocenters. The molecule has 1 rings (SSSR count). The molecular weight excluding hydrogens is 238 g/mol. The Bertz CT molecular complexity index is 368. The Morgan fingerprint density at radius 3 is 2.53 bits per heavy atom. The van der Waals surface area contributed by atoms with Crippen LogP contribution in [0, 0.1) is 5.92 Å². The second-order valence-electron chi connectivity index (χ2n) is 4.63. The van der Waals surface area contributed by atoms with E-state index in [2.05, 4.69) is 13.8 Å². The highest BCUT2D eigenvalue weighted by molar-refractivity contribution is 6.32. The summed E-state index contributed by atoms with van der Waals surface area (Å²) in [6.45, 7) is 4.15. The van der Waals surface area contributed by atoms with Gasteiger partial charge in [0.15, 0.2) is 0 Å². The van der Waals surface area contributed by atoms with Gasteiger partial charge in [-0.15, -0.1) is 0 Å². The van der Waals surface area contributed by atoms with Crippen molar-refractivity contribution in [2.75, 3.05) is 7.11 Å². The van der Waals surface area contributed by atoms with Gasteiger partial charge in [-0.1, -0.05) is 31.5 Å². The van der Waals surface area contributed by atoms with Gasteiger partial charge in [0.1, 0.15) is 5.75 Å². The summed E-state index contributed by atoms with van der Waals surface area (Å²) in [7, 11) is 1.56. The lowest BCUT2D eigenvalue weighted by atomic mass is 9.95. The van der Waals surface area contributed by atoms with Crippen molar-refractivity contribution in [3.05, 3.63) is 28.8 Å². The van der Waals surface area contributed by atoms with E-state index in [-0.39, 0.29) is 6.04 Å². The molecule has 2 unspecified atom stereocenters. The molecule has 0 radical (unpaired) electrons. The number of rotatable bonds is 5. The minimum atomic E-state index is -0.694. The first-order valence-corrected chi connectivity index (χ1v) is 6.10. The monoisotopic (exact) mass is 257 g/mol. The van der Waals surface area contributed by atoms with E-state index in [4.69, 9.17) is 22.1 Å². The number of aliphatic hydroxyl groups is 1. The van der Waals surface area contributed by atoms with Crippen LogP contribution in [0.3, 0.4) is 0 Å². The summed E-state index contributed by atoms with van der Waals surface area (Å²) in [4.78, 5) is 0. The van der Waals surface area contributed by atoms with Crippen LogP contribution >= 0.6 is 11.6 Å². The zero-order valence-corrected chi connectivity index (χ0v) is 11.2. The first kappa shape index (κ1) is 14.3. The van der Waals surface area contributed by atoms with Gasteiger partial charge in [-0.25, -0.2) is 0 Å². The lowest BCUT2D eigenvalue weighted by Crippen LogP contribution is -2.29. The van der Waals surface area contributed by atoms with Crippen LogP contribution in [0.4, 0.5) is 0 Å². The zero-order chi connectivity index (χ0) is 13.0. The van der Waals surface area contributed by atoms with Gasteiger partial charge in [0.25, 0.3) is 0 Å². The first-order valence-electron chi connectivity index (χ1n) is 5.72. The molecule has 0 saturated carbocycles. The summed E-state index contributed by atoms with van der Waals surface area (Å²) in [6.07, 6.45) is 0.0750. The average molecular weight is 258 g/mol. The highest BCUT2D eigenvalue weighted by Gasteiger charge is 2.19. The van der Waals surface area contributed by atoms with Crippen molar-refractivity contribution in [1.29, 1.82) is 0 Å². The third kappa shape index (κ3) is 3.87. The average Bonchev–Trinajstić information content (AvgIpc) is 2.27. The number of halogens is 1. The Morgan fingerprint density at radius 2 is 2.06 bits per heavy atom. The van der Waals surface area contributed by atoms with Crippen molar-refractivity contribution >= 4 is 11.6 Å². The number of ether oxygens (including phenoxy) is 1. The van der Waals surface area contributed by atoms with E-state index in [9.17, 15) is 5.11 Å². The maximum atomic E-state index is 10.1. The minimum Gasteiger partial charge on any atom is -0.495 e. The van der Waals surface area contributed by atoms with Crippen molar-refractivity contribution in [1.82, 2.24) is 0 Å². The summed E-state index contributed by atoms with van der Waals surface area (Å²) in [5.41, 5.74) is 6.67. The largest absolute Gasteiger partial charge is 0.495 e. The van der Waals surface area contributed by atoms with Crippen molar-refractivity contribution in [2.45, 2.75) is 32.4 Å². The van der Waals surface area contributed by atoms with E-state index >= 15 is 0 Å². The van der Waals surface area contributed by atoms with Crippen LogP contribution in [0.5, 0.6) is 5.75 Å². The molecule has 0 aliphatic rings. The molecule has 0 bridgehead atoms. The summed E-state index contributed by atoms with van der Waals surface area (Å²) < 4.78 is 5.06. The Balaban J connectivity index is 2.82. The van der Waals surface area contributed by atoms with Crippen LogP contribution in [0.25, 0.3) is 0 Å². The second-order valence-corrected chi connectivity index (χ2v) is 5.04. The predicted molar refractivity (Wildman–Crippen MR) is 70.4 cm³/mol. The number of hydrogen-bond donors (Lipinski definition) is 2. The van der Waals surface area contributed by atoms with Gasteiger partial charge in [0, 0.05) is 6.04 Å². The number of methoxy groups -OCH3 is 1. The van der Waals surface area contributed by atoms with E-state index in [1.54, 1.807) is 25.3 Å². The summed E-state index contributed by atoms with van der Waals surface area (Å²) in [5.74, 6) is 1.05. The van der Waals surface area contributed by atoms with Gasteiger partial charge in [-0.05, 0) is 30.0 Å². The third-order valence-corrected chi connectivity index (χ3v) is 2.96. The third-order valence-electron chi connectivity index (χ3n) is 2.67. The predicted octanol–water partition coefficient (Wildman–Crippen LogP) is 2.76. The fourth-order valence-corrected chi connectivity index (χ4v) is 2.05. The molecule has 3 nitrogen and oxygen atoms in total. The zero-order valence-electron chi connectivity index (χ0n) is 10.5. The van der Waals surface area contributed by atoms with Crippen molar-refractivity contribution in [3.8, 4) is 5.75 Å². The van der Waals surface area contributed by atoms with Gasteiger partial charge < -0.3 is 15.6 Å². The van der Waals surface area contributed by atoms with Crippen LogP contribution in [0.1, 0.15) is 31.9 Å². The fraction of sp³-hybridized carbons (Fsp3) is 0.538. The quantitative estimate of drug-likeness (QED) is 0.853. The van der Waals surface area contributed by atoms with E-state index in [1.165, 1.54) is 0 Å². The normalized spacial score (nSPS) is 14.8. The molecule has 0 amide bonds. The molecule has 1 aromatic carbocycles. The summed E-state index contributed by atoms with van der Waals surface area (Å²) in [5, 5.41) is 10.6. The smallest absolute Gasteiger partial charge is 0.137 e. The SMILES string of the molecule is COc1ccc(C(O)C(N)CC(C)C)cc1Cl. The van der Waals surface area contributed by atoms with Crippen LogP contribution in [0.15, 0.2) is 18.2 Å². The van der Waals surface area contributed by atoms with Crippen LogP contribution < -0.4 is 10.5 Å². The van der Waals surface area contributed by atoms with Gasteiger partial charge in [0.2, 0.25) is 0 Å². The van der Waals surface area contributed by atoms with E-state index in [0.29, 0.717) is 16.7 Å². The molecule has 96 valence electrons. The Hall–Kier alpha value is -0.770. The van der Waals surface area contributed by atoms with E-state index in [1.807, 2.05) is 0 Å². The molecule has 0 spiro atoms. The second kappa shape index (κ2) is 6.24. The summed E-state index contributed by atoms with van der Waals surface area (Å²) >= 11 is 6.01. The summed E-state index contributed by atoms with van der Waals surface area (Å²) in [6, 6.07) is 4.95. The topological polar surface area (TPSA) is 55.5 Å². The molecule has 4 heteroatoms. The molecule has 0 aromatic heterocycles. The highest BCUT2D eigenvalue weighted by atomic mass is 35.5. The molecule has 1 aromatic rings. The van der Waals surface area contributed by atoms with Gasteiger partial charge in [-0.3, -0.25) is 0 Å². The maximum absolute atomic E-state index is 10.1. The van der Waals surface area contributed by atoms with Crippen molar-refractivity contribution < 1.29 is 9.84 Å². The molecule has 0 heterocycles. The van der Waals surface area contributed by atoms with Crippen LogP contribution in [0.2, 0.25) is 5.02 Å². The standard InChI is InChI=1S/C13H20ClNO2/c1-8(2)6-11(15)13(16)9-4-5-12(17-3)10(14)7-9/h4-5,7-8,11,13,16H,6,15H2,1-3H3. The molecule has 0 saturated heterocycles. The lowest BCUT2D eigenvalue weighted by molar-refractivity contribution is 0.136. The molecule has 0 aliphatic heterocycles. The van der Waals surface area contributed by atoms with E-state index < -0.39 is 6.10 Å². The first-order chi connectivity index (χ1) is 7.95. The number of nitrogens with two attached hydrogens (primary N) is 1. The molecular formula is C13H20ClNO2. The number of aliphatic hydroxyl groups excluding tert-OH is 1. The van der Waals surface area contributed by atoms with Crippen molar-refractivity contribution in [2.24, 2.45) is 11.7 Å². The maximum Gasteiger partial charge on any atom is 0.137 e. The van der Waals surface area contributed by atoms with Crippen LogP contribution in [-0.2, 0) is 0 Å². The Kier molecular flexibility index (Phi) is 5.25. The molecule has 3 N–H and O–H groups in total. The Morgan fingerprint density at radius 1 is 1.41 bits per heavy atom. The van der Waals surface area contributed by atoms with Gasteiger partial charge in [-0.2, -0.15) is 0 Å². The molecule has 17 heavy (non-hydrogen) atoms. The minimum absolute atomic E-state index is 0.278. The Labute approximate surface area is 108 Å². The highest BCUT2D eigenvalue weighted by Crippen LogP contribution is 2.29. The van der Waals surface area contributed by atoms with Crippen molar-refractivity contribution in [3.63, 3.8) is 0 Å². The van der Waals surface area contributed by atoms with Crippen LogP contribution in [-0.4, -0.2) is 18.3 Å². The lowest BCUT2D eigenvalue weighted by Gasteiger charge is -2.21. The molecule has 0 fully saturated rings. The molecule has 0 aliphatic carbocycles. The van der Waals surface area contributed by atoms with E-state index in [0.717, 1.165) is 12.0 Å². The number of benzene rings is 1.